The minimum atomic E-state index is -1.99. The van der Waals surface area contributed by atoms with Crippen LogP contribution in [0, 0.1) is 0 Å². The number of rotatable bonds is 1. The van der Waals surface area contributed by atoms with E-state index < -0.39 is 18.0 Å². The highest BCUT2D eigenvalue weighted by Crippen LogP contribution is 2.41. The molecule has 12 heavy (non-hydrogen) atoms. The standard InChI is InChI=1S/C7H16BO4/c1-6(2)7(3,4)11-8(5,10-6)12-9/h9H,1-5H3/q-1. The fourth-order valence-electron chi connectivity index (χ4n) is 1.42. The zero-order valence-corrected chi connectivity index (χ0v) is 8.25. The SMILES string of the molecule is C[B-]1(OO)OC(C)(C)C(C)(C)O1. The van der Waals surface area contributed by atoms with Crippen molar-refractivity contribution >= 4 is 6.75 Å². The summed E-state index contributed by atoms with van der Waals surface area (Å²) < 4.78 is 10.9. The lowest BCUT2D eigenvalue weighted by molar-refractivity contribution is -0.188. The topological polar surface area (TPSA) is 47.9 Å². The summed E-state index contributed by atoms with van der Waals surface area (Å²) in [5.41, 5.74) is -0.908. The van der Waals surface area contributed by atoms with Gasteiger partial charge >= 0.3 is 6.75 Å². The molecule has 1 saturated heterocycles. The first-order chi connectivity index (χ1) is 5.22. The van der Waals surface area contributed by atoms with E-state index in [4.69, 9.17) is 14.6 Å². The Morgan fingerprint density at radius 2 is 1.42 bits per heavy atom. The molecule has 0 atom stereocenters. The van der Waals surface area contributed by atoms with E-state index in [-0.39, 0.29) is 0 Å². The predicted octanol–water partition coefficient (Wildman–Crippen LogP) is 1.65. The Kier molecular flexibility index (Phi) is 2.04. The van der Waals surface area contributed by atoms with Gasteiger partial charge < -0.3 is 14.1 Å². The summed E-state index contributed by atoms with van der Waals surface area (Å²) in [5.74, 6) is 0. The van der Waals surface area contributed by atoms with E-state index in [9.17, 15) is 0 Å². The second-order valence-corrected chi connectivity index (χ2v) is 4.36. The zero-order valence-electron chi connectivity index (χ0n) is 8.25. The molecule has 0 saturated carbocycles. The van der Waals surface area contributed by atoms with E-state index in [1.807, 2.05) is 27.7 Å². The van der Waals surface area contributed by atoms with Crippen LogP contribution in [0.2, 0.25) is 6.82 Å². The summed E-state index contributed by atoms with van der Waals surface area (Å²) in [4.78, 5) is 4.19. The van der Waals surface area contributed by atoms with Gasteiger partial charge in [-0.2, -0.15) is 0 Å². The van der Waals surface area contributed by atoms with Gasteiger partial charge in [-0.25, -0.2) is 0 Å². The summed E-state index contributed by atoms with van der Waals surface area (Å²) >= 11 is 0. The lowest BCUT2D eigenvalue weighted by Crippen LogP contribution is -2.41. The normalized spacial score (nSPS) is 30.5. The molecule has 1 rings (SSSR count). The monoisotopic (exact) mass is 175 g/mol. The molecule has 0 unspecified atom stereocenters. The first-order valence-corrected chi connectivity index (χ1v) is 4.13. The molecule has 72 valence electrons. The fraction of sp³-hybridized carbons (Fsp3) is 1.00. The maximum absolute atomic E-state index is 8.57. The van der Waals surface area contributed by atoms with Crippen molar-refractivity contribution in [3.8, 4) is 0 Å². The van der Waals surface area contributed by atoms with E-state index in [1.54, 1.807) is 6.82 Å². The Morgan fingerprint density at radius 1 is 1.08 bits per heavy atom. The Hall–Kier alpha value is -0.0951. The van der Waals surface area contributed by atoms with E-state index in [1.165, 1.54) is 0 Å². The Labute approximate surface area is 72.8 Å². The van der Waals surface area contributed by atoms with Gasteiger partial charge in [0.05, 0.1) is 0 Å². The van der Waals surface area contributed by atoms with Crippen molar-refractivity contribution in [2.75, 3.05) is 0 Å². The Balaban J connectivity index is 2.88. The van der Waals surface area contributed by atoms with Crippen LogP contribution in [0.25, 0.3) is 0 Å². The second kappa shape index (κ2) is 2.45. The van der Waals surface area contributed by atoms with Gasteiger partial charge in [-0.15, -0.1) is 6.82 Å². The van der Waals surface area contributed by atoms with Gasteiger partial charge in [0.1, 0.15) is 0 Å². The van der Waals surface area contributed by atoms with Crippen LogP contribution in [0.4, 0.5) is 0 Å². The van der Waals surface area contributed by atoms with Gasteiger partial charge in [0.15, 0.2) is 0 Å². The largest absolute Gasteiger partial charge is 0.537 e. The molecule has 1 aliphatic heterocycles. The molecular weight excluding hydrogens is 159 g/mol. The van der Waals surface area contributed by atoms with Gasteiger partial charge in [0.2, 0.25) is 0 Å². The molecule has 0 aromatic carbocycles. The van der Waals surface area contributed by atoms with Gasteiger partial charge in [-0.1, -0.05) is 0 Å². The molecule has 0 aliphatic carbocycles. The van der Waals surface area contributed by atoms with Crippen LogP contribution in [0.15, 0.2) is 0 Å². The van der Waals surface area contributed by atoms with Crippen molar-refractivity contribution in [3.05, 3.63) is 0 Å². The molecule has 1 heterocycles. The van der Waals surface area contributed by atoms with Gasteiger partial charge in [-0.3, -0.25) is 5.26 Å². The third-order valence-corrected chi connectivity index (χ3v) is 2.66. The molecule has 4 nitrogen and oxygen atoms in total. The average molecular weight is 175 g/mol. The molecule has 1 aliphatic rings. The smallest absolute Gasteiger partial charge is 0.402 e. The summed E-state index contributed by atoms with van der Waals surface area (Å²) in [6, 6.07) is 0. The van der Waals surface area contributed by atoms with Crippen molar-refractivity contribution in [2.24, 2.45) is 0 Å². The molecular formula is C7H16BO4-. The van der Waals surface area contributed by atoms with Crippen LogP contribution in [-0.4, -0.2) is 23.2 Å². The maximum atomic E-state index is 8.57. The van der Waals surface area contributed by atoms with Crippen molar-refractivity contribution in [2.45, 2.75) is 45.7 Å². The van der Waals surface area contributed by atoms with Crippen LogP contribution in [-0.2, 0) is 14.1 Å². The molecule has 0 radical (unpaired) electrons. The molecule has 0 aromatic heterocycles. The summed E-state index contributed by atoms with van der Waals surface area (Å²) in [7, 11) is 0. The lowest BCUT2D eigenvalue weighted by Gasteiger charge is -2.36. The number of hydrogen-bond donors (Lipinski definition) is 1. The van der Waals surface area contributed by atoms with E-state index >= 15 is 0 Å². The first kappa shape index (κ1) is 9.99. The molecule has 0 bridgehead atoms. The second-order valence-electron chi connectivity index (χ2n) is 4.36. The lowest BCUT2D eigenvalue weighted by atomic mass is 9.84. The fourth-order valence-corrected chi connectivity index (χ4v) is 1.42. The van der Waals surface area contributed by atoms with Crippen LogP contribution in [0.5, 0.6) is 0 Å². The minimum Gasteiger partial charge on any atom is -0.537 e. The molecule has 0 aromatic rings. The highest BCUT2D eigenvalue weighted by Gasteiger charge is 2.50. The van der Waals surface area contributed by atoms with Crippen molar-refractivity contribution in [3.63, 3.8) is 0 Å². The molecule has 5 heteroatoms. The molecule has 1 fully saturated rings. The zero-order chi connectivity index (χ0) is 9.62. The Bertz CT molecular complexity index is 174. The van der Waals surface area contributed by atoms with Crippen LogP contribution in [0.1, 0.15) is 27.7 Å². The quantitative estimate of drug-likeness (QED) is 0.374. The first-order valence-electron chi connectivity index (χ1n) is 4.13. The summed E-state index contributed by atoms with van der Waals surface area (Å²) in [6.45, 7) is 7.21. The maximum Gasteiger partial charge on any atom is 0.402 e. The highest BCUT2D eigenvalue weighted by molar-refractivity contribution is 6.59. The predicted molar refractivity (Wildman–Crippen MR) is 45.7 cm³/mol. The molecule has 0 amide bonds. The van der Waals surface area contributed by atoms with E-state index in [0.717, 1.165) is 0 Å². The van der Waals surface area contributed by atoms with Crippen LogP contribution in [0.3, 0.4) is 0 Å². The van der Waals surface area contributed by atoms with E-state index in [0.29, 0.717) is 0 Å². The van der Waals surface area contributed by atoms with Crippen molar-refractivity contribution in [1.82, 2.24) is 0 Å². The highest BCUT2D eigenvalue weighted by atomic mass is 17.1. The van der Waals surface area contributed by atoms with Crippen LogP contribution < -0.4 is 0 Å². The van der Waals surface area contributed by atoms with Crippen LogP contribution >= 0.6 is 0 Å². The van der Waals surface area contributed by atoms with Gasteiger partial charge in [0.25, 0.3) is 0 Å². The third-order valence-electron chi connectivity index (χ3n) is 2.66. The summed E-state index contributed by atoms with van der Waals surface area (Å²) in [6.07, 6.45) is 0. The third kappa shape index (κ3) is 1.37. The average Bonchev–Trinajstić information content (AvgIpc) is 1.99. The summed E-state index contributed by atoms with van der Waals surface area (Å²) in [5, 5.41) is 8.57. The van der Waals surface area contributed by atoms with Gasteiger partial charge in [-0.05, 0) is 27.7 Å². The minimum absolute atomic E-state index is 0.454. The van der Waals surface area contributed by atoms with E-state index in [2.05, 4.69) is 4.81 Å². The molecule has 0 spiro atoms. The molecule has 1 N–H and O–H groups in total. The number of hydrogen-bond acceptors (Lipinski definition) is 4. The van der Waals surface area contributed by atoms with Crippen molar-refractivity contribution in [1.29, 1.82) is 0 Å². The van der Waals surface area contributed by atoms with Crippen molar-refractivity contribution < 1.29 is 19.4 Å². The Morgan fingerprint density at radius 3 is 1.58 bits per heavy atom. The van der Waals surface area contributed by atoms with Gasteiger partial charge in [0, 0.05) is 11.2 Å².